The number of aliphatic carboxylic acids is 1. The van der Waals surface area contributed by atoms with Crippen LogP contribution in [0, 0.1) is 5.92 Å². The third-order valence-electron chi connectivity index (χ3n) is 5.82. The lowest BCUT2D eigenvalue weighted by molar-refractivity contribution is -0.142. The van der Waals surface area contributed by atoms with Gasteiger partial charge in [0.05, 0.1) is 12.4 Å². The monoisotopic (exact) mass is 580 g/mol. The van der Waals surface area contributed by atoms with Crippen molar-refractivity contribution in [1.82, 2.24) is 25.9 Å². The van der Waals surface area contributed by atoms with Crippen LogP contribution >= 0.6 is 0 Å². The Kier molecular flexibility index (Phi) is 15.2. The van der Waals surface area contributed by atoms with Gasteiger partial charge in [0.2, 0.25) is 17.7 Å². The third-order valence-corrected chi connectivity index (χ3v) is 5.82. The summed E-state index contributed by atoms with van der Waals surface area (Å²) in [4.78, 5) is 65.5. The van der Waals surface area contributed by atoms with Gasteiger partial charge in [-0.05, 0) is 38.0 Å². The number of H-pyrrole nitrogens is 1. The van der Waals surface area contributed by atoms with Gasteiger partial charge in [-0.15, -0.1) is 0 Å². The minimum absolute atomic E-state index is 0.00521. The van der Waals surface area contributed by atoms with Gasteiger partial charge in [-0.3, -0.25) is 24.4 Å². The number of hydrogen-bond donors (Lipinski definition) is 10. The maximum atomic E-state index is 13.3. The highest BCUT2D eigenvalue weighted by atomic mass is 16.4. The van der Waals surface area contributed by atoms with E-state index >= 15 is 0 Å². The van der Waals surface area contributed by atoms with Gasteiger partial charge >= 0.3 is 5.97 Å². The minimum Gasteiger partial charge on any atom is -0.480 e. The predicted molar refractivity (Wildman–Crippen MR) is 153 cm³/mol. The SMILES string of the molecule is CC(C)CC(NC(=O)C(N)CCCN=C(N)N)C(=O)NC(Cc1cnc[nH]1)C(=O)NC(CCCN=C(N)N)C(=O)O. The number of carboxylic acids is 1. The largest absolute Gasteiger partial charge is 0.480 e. The molecule has 0 radical (unpaired) electrons. The molecule has 4 unspecified atom stereocenters. The lowest BCUT2D eigenvalue weighted by Crippen LogP contribution is -2.57. The summed E-state index contributed by atoms with van der Waals surface area (Å²) in [6.45, 7) is 4.23. The number of aliphatic imine (C=N–C) groups is 2. The van der Waals surface area contributed by atoms with Crippen LogP contribution in [0.25, 0.3) is 0 Å². The van der Waals surface area contributed by atoms with Crippen molar-refractivity contribution in [1.29, 1.82) is 0 Å². The number of aromatic nitrogens is 2. The summed E-state index contributed by atoms with van der Waals surface area (Å²) in [5, 5.41) is 17.4. The number of imidazole rings is 1. The summed E-state index contributed by atoms with van der Waals surface area (Å²) in [6.07, 6.45) is 4.22. The second-order valence-corrected chi connectivity index (χ2v) is 9.94. The topological polar surface area (TPSA) is 308 Å². The Labute approximate surface area is 238 Å². The van der Waals surface area contributed by atoms with E-state index in [-0.39, 0.29) is 50.1 Å². The lowest BCUT2D eigenvalue weighted by atomic mass is 10.0. The molecule has 0 aliphatic heterocycles. The Balaban J connectivity index is 2.98. The van der Waals surface area contributed by atoms with Crippen LogP contribution in [0.4, 0.5) is 0 Å². The zero-order chi connectivity index (χ0) is 30.9. The molecular formula is C24H44N12O5. The molecule has 41 heavy (non-hydrogen) atoms. The summed E-state index contributed by atoms with van der Waals surface area (Å²) in [5.74, 6) is -3.34. The van der Waals surface area contributed by atoms with E-state index in [1.165, 1.54) is 12.5 Å². The van der Waals surface area contributed by atoms with E-state index in [2.05, 4.69) is 35.9 Å². The first-order valence-electron chi connectivity index (χ1n) is 13.3. The number of carbonyl (C=O) groups excluding carboxylic acids is 3. The van der Waals surface area contributed by atoms with E-state index in [9.17, 15) is 24.3 Å². The second kappa shape index (κ2) is 18.0. The molecule has 4 atom stereocenters. The molecular weight excluding hydrogens is 536 g/mol. The van der Waals surface area contributed by atoms with E-state index in [0.29, 0.717) is 25.1 Å². The summed E-state index contributed by atoms with van der Waals surface area (Å²) in [5.41, 5.74) is 27.7. The van der Waals surface area contributed by atoms with Gasteiger partial charge in [0.15, 0.2) is 11.9 Å². The summed E-state index contributed by atoms with van der Waals surface area (Å²) in [7, 11) is 0. The maximum absolute atomic E-state index is 13.3. The summed E-state index contributed by atoms with van der Waals surface area (Å²) < 4.78 is 0. The van der Waals surface area contributed by atoms with Gasteiger partial charge in [0, 0.05) is 31.4 Å². The molecule has 0 aromatic carbocycles. The van der Waals surface area contributed by atoms with Crippen LogP contribution in [0.1, 0.15) is 51.6 Å². The molecule has 0 saturated heterocycles. The molecule has 230 valence electrons. The predicted octanol–water partition coefficient (Wildman–Crippen LogP) is -3.03. The number of carboxylic acid groups (broad SMARTS) is 1. The van der Waals surface area contributed by atoms with Crippen molar-refractivity contribution in [2.24, 2.45) is 44.6 Å². The van der Waals surface area contributed by atoms with E-state index in [4.69, 9.17) is 28.7 Å². The first-order chi connectivity index (χ1) is 19.3. The summed E-state index contributed by atoms with van der Waals surface area (Å²) >= 11 is 0. The van der Waals surface area contributed by atoms with Crippen molar-refractivity contribution < 1.29 is 24.3 Å². The smallest absolute Gasteiger partial charge is 0.326 e. The lowest BCUT2D eigenvalue weighted by Gasteiger charge is -2.26. The van der Waals surface area contributed by atoms with Gasteiger partial charge in [0.25, 0.3) is 0 Å². The molecule has 1 heterocycles. The first kappa shape index (κ1) is 34.6. The number of guanidine groups is 2. The Morgan fingerprint density at radius 2 is 1.41 bits per heavy atom. The fourth-order valence-corrected chi connectivity index (χ4v) is 3.76. The number of aromatic amines is 1. The third kappa shape index (κ3) is 14.5. The molecule has 1 aromatic heterocycles. The van der Waals surface area contributed by atoms with Crippen molar-refractivity contribution in [3.05, 3.63) is 18.2 Å². The maximum Gasteiger partial charge on any atom is 0.326 e. The number of rotatable bonds is 19. The molecule has 0 spiro atoms. The van der Waals surface area contributed by atoms with Gasteiger partial charge in [-0.2, -0.15) is 0 Å². The standard InChI is InChI=1S/C24H44N12O5/c1-13(2)9-17(35-19(37)15(25)5-3-7-31-23(26)27)20(38)36-18(10-14-11-30-12-33-14)21(39)34-16(22(40)41)6-4-8-32-24(28)29/h11-13,15-18H,3-10,25H2,1-2H3,(H,30,33)(H,34,39)(H,35,37)(H,36,38)(H,40,41)(H4,26,27,31)(H4,28,29,32). The Bertz CT molecular complexity index is 1040. The molecule has 1 rings (SSSR count). The highest BCUT2D eigenvalue weighted by Gasteiger charge is 2.31. The van der Waals surface area contributed by atoms with Crippen molar-refractivity contribution in [3.63, 3.8) is 0 Å². The molecule has 17 heteroatoms. The van der Waals surface area contributed by atoms with Crippen LogP contribution in [-0.2, 0) is 25.6 Å². The number of hydrogen-bond acceptors (Lipinski definition) is 8. The second-order valence-electron chi connectivity index (χ2n) is 9.94. The van der Waals surface area contributed by atoms with Crippen LogP contribution in [-0.4, -0.2) is 87.9 Å². The molecule has 0 aliphatic rings. The number of carbonyl (C=O) groups is 4. The number of nitrogens with two attached hydrogens (primary N) is 5. The van der Waals surface area contributed by atoms with Crippen molar-refractivity contribution in [2.75, 3.05) is 13.1 Å². The highest BCUT2D eigenvalue weighted by Crippen LogP contribution is 2.09. The molecule has 0 aliphatic carbocycles. The summed E-state index contributed by atoms with van der Waals surface area (Å²) in [6, 6.07) is -4.34. The number of nitrogens with one attached hydrogen (secondary N) is 4. The van der Waals surface area contributed by atoms with Crippen LogP contribution in [0.3, 0.4) is 0 Å². The number of amides is 3. The normalized spacial score (nSPS) is 13.8. The van der Waals surface area contributed by atoms with E-state index in [1.54, 1.807) is 0 Å². The van der Waals surface area contributed by atoms with Crippen LogP contribution in [0.15, 0.2) is 22.5 Å². The highest BCUT2D eigenvalue weighted by molar-refractivity contribution is 5.94. The average molecular weight is 581 g/mol. The number of nitrogens with zero attached hydrogens (tertiary/aromatic N) is 3. The molecule has 3 amide bonds. The molecule has 0 fully saturated rings. The minimum atomic E-state index is -1.26. The first-order valence-corrected chi connectivity index (χ1v) is 13.3. The quantitative estimate of drug-likeness (QED) is 0.0445. The molecule has 0 bridgehead atoms. The van der Waals surface area contributed by atoms with E-state index < -0.39 is 47.9 Å². The van der Waals surface area contributed by atoms with Gasteiger partial charge in [0.1, 0.15) is 18.1 Å². The fraction of sp³-hybridized carbons (Fsp3) is 0.625. The molecule has 15 N–H and O–H groups in total. The van der Waals surface area contributed by atoms with Crippen LogP contribution in [0.2, 0.25) is 0 Å². The average Bonchev–Trinajstić information content (AvgIpc) is 3.39. The van der Waals surface area contributed by atoms with Crippen molar-refractivity contribution in [3.8, 4) is 0 Å². The van der Waals surface area contributed by atoms with Gasteiger partial charge in [-0.25, -0.2) is 9.78 Å². The van der Waals surface area contributed by atoms with Crippen LogP contribution < -0.4 is 44.6 Å². The van der Waals surface area contributed by atoms with Gasteiger partial charge < -0.3 is 54.7 Å². The molecule has 1 aromatic rings. The molecule has 17 nitrogen and oxygen atoms in total. The van der Waals surface area contributed by atoms with E-state index in [1.807, 2.05) is 13.8 Å². The zero-order valence-corrected chi connectivity index (χ0v) is 23.5. The Morgan fingerprint density at radius 3 is 1.93 bits per heavy atom. The van der Waals surface area contributed by atoms with Crippen molar-refractivity contribution in [2.45, 2.75) is 76.5 Å². The zero-order valence-electron chi connectivity index (χ0n) is 23.5. The van der Waals surface area contributed by atoms with Crippen molar-refractivity contribution >= 4 is 35.6 Å². The van der Waals surface area contributed by atoms with Gasteiger partial charge in [-0.1, -0.05) is 13.8 Å². The molecule has 0 saturated carbocycles. The Hall–Kier alpha value is -4.41. The van der Waals surface area contributed by atoms with Crippen LogP contribution in [0.5, 0.6) is 0 Å². The fourth-order valence-electron chi connectivity index (χ4n) is 3.76. The van der Waals surface area contributed by atoms with E-state index in [0.717, 1.165) is 0 Å². The Morgan fingerprint density at radius 1 is 0.878 bits per heavy atom.